The third kappa shape index (κ3) is 5.53. The summed E-state index contributed by atoms with van der Waals surface area (Å²) in [5.41, 5.74) is 0.301. The van der Waals surface area contributed by atoms with Gasteiger partial charge in [0.05, 0.1) is 5.56 Å². The van der Waals surface area contributed by atoms with Crippen LogP contribution in [0.3, 0.4) is 0 Å². The fourth-order valence-corrected chi connectivity index (χ4v) is 2.63. The van der Waals surface area contributed by atoms with Crippen LogP contribution in [0, 0.1) is 0 Å². The first kappa shape index (κ1) is 16.4. The van der Waals surface area contributed by atoms with Gasteiger partial charge in [0.2, 0.25) is 0 Å². The molecular weight excluding hydrogens is 254 g/mol. The van der Waals surface area contributed by atoms with Gasteiger partial charge in [0.15, 0.2) is 0 Å². The van der Waals surface area contributed by atoms with E-state index in [2.05, 4.69) is 33.0 Å². The molecule has 0 amide bonds. The molecule has 0 radical (unpaired) electrons. The number of carboxylic acid groups (broad SMARTS) is 1. The number of carboxylic acids is 1. The third-order valence-corrected chi connectivity index (χ3v) is 2.98. The number of carbonyl (C=O) groups excluding carboxylic acids is 1. The minimum absolute atomic E-state index is 0.0150. The number of piperidine rings is 1. The fraction of sp³-hybridized carbons (Fsp3) is 0.500. The van der Waals surface area contributed by atoms with Gasteiger partial charge >= 0.3 is 5.97 Å². The predicted molar refractivity (Wildman–Crippen MR) is 78.9 cm³/mol. The Labute approximate surface area is 120 Å². The number of aromatic carboxylic acids is 1. The number of rotatable bonds is 1. The fourth-order valence-electron chi connectivity index (χ4n) is 2.63. The topological polar surface area (TPSA) is 66.4 Å². The Bertz CT molecular complexity index is 460. The second-order valence-corrected chi connectivity index (χ2v) is 6.46. The van der Waals surface area contributed by atoms with Crippen molar-refractivity contribution in [3.8, 4) is 0 Å². The number of hydrogen-bond donors (Lipinski definition) is 2. The molecule has 4 heteroatoms. The number of hydrogen-bond acceptors (Lipinski definition) is 3. The molecule has 0 spiro atoms. The molecule has 2 N–H and O–H groups in total. The quantitative estimate of drug-likeness (QED) is 0.828. The van der Waals surface area contributed by atoms with E-state index in [1.807, 2.05) is 0 Å². The van der Waals surface area contributed by atoms with Crippen LogP contribution in [0.15, 0.2) is 30.3 Å². The van der Waals surface area contributed by atoms with E-state index in [-0.39, 0.29) is 11.1 Å². The molecular formula is C16H23NO3. The molecule has 0 bridgehead atoms. The van der Waals surface area contributed by atoms with Gasteiger partial charge in [-0.05, 0) is 39.8 Å². The molecule has 110 valence electrons. The highest BCUT2D eigenvalue weighted by atomic mass is 16.4. The summed E-state index contributed by atoms with van der Waals surface area (Å²) in [5.74, 6) is -0.505. The lowest BCUT2D eigenvalue weighted by atomic mass is 9.82. The summed E-state index contributed by atoms with van der Waals surface area (Å²) in [5, 5.41) is 11.8. The van der Waals surface area contributed by atoms with Crippen LogP contribution in [0.2, 0.25) is 0 Å². The largest absolute Gasteiger partial charge is 0.478 e. The Balaban J connectivity index is 0.000000204. The third-order valence-electron chi connectivity index (χ3n) is 2.98. The second kappa shape index (κ2) is 6.18. The summed E-state index contributed by atoms with van der Waals surface area (Å²) in [6, 6.07) is 8.30. The van der Waals surface area contributed by atoms with E-state index < -0.39 is 5.97 Å². The van der Waals surface area contributed by atoms with Crippen molar-refractivity contribution in [1.82, 2.24) is 5.32 Å². The Morgan fingerprint density at radius 2 is 1.50 bits per heavy atom. The van der Waals surface area contributed by atoms with Gasteiger partial charge in [-0.3, -0.25) is 4.79 Å². The molecule has 0 saturated carbocycles. The molecule has 0 atom stereocenters. The molecule has 1 aromatic carbocycles. The SMILES string of the molecule is CC1(C)CC(=O)CC(C)(C)N1.O=C(O)c1ccccc1. The normalized spacial score (nSPS) is 19.7. The summed E-state index contributed by atoms with van der Waals surface area (Å²) < 4.78 is 0. The van der Waals surface area contributed by atoms with Crippen molar-refractivity contribution in [2.75, 3.05) is 0 Å². The van der Waals surface area contributed by atoms with Crippen LogP contribution in [0.1, 0.15) is 50.9 Å². The molecule has 4 nitrogen and oxygen atoms in total. The zero-order valence-corrected chi connectivity index (χ0v) is 12.6. The van der Waals surface area contributed by atoms with Gasteiger partial charge in [-0.25, -0.2) is 4.79 Å². The standard InChI is InChI=1S/C9H17NO.C7H6O2/c1-8(2)5-7(11)6-9(3,4)10-8;8-7(9)6-4-2-1-3-5-6/h10H,5-6H2,1-4H3;1-5H,(H,8,9). The summed E-state index contributed by atoms with van der Waals surface area (Å²) >= 11 is 0. The molecule has 0 unspecified atom stereocenters. The van der Waals surface area contributed by atoms with E-state index >= 15 is 0 Å². The Kier molecular flexibility index (Phi) is 5.06. The predicted octanol–water partition coefficient (Wildman–Crippen LogP) is 2.88. The molecule has 0 aromatic heterocycles. The van der Waals surface area contributed by atoms with E-state index in [1.165, 1.54) is 0 Å². The van der Waals surface area contributed by atoms with Crippen LogP contribution in [0.4, 0.5) is 0 Å². The average Bonchev–Trinajstić information content (AvgIpc) is 2.25. The first-order valence-corrected chi connectivity index (χ1v) is 6.71. The zero-order valence-electron chi connectivity index (χ0n) is 12.6. The van der Waals surface area contributed by atoms with Crippen molar-refractivity contribution in [2.24, 2.45) is 0 Å². The second-order valence-electron chi connectivity index (χ2n) is 6.46. The van der Waals surface area contributed by atoms with Crippen LogP contribution in [-0.2, 0) is 4.79 Å². The monoisotopic (exact) mass is 277 g/mol. The van der Waals surface area contributed by atoms with Gasteiger partial charge in [0, 0.05) is 23.9 Å². The van der Waals surface area contributed by atoms with Crippen LogP contribution in [0.5, 0.6) is 0 Å². The Morgan fingerprint density at radius 3 is 1.80 bits per heavy atom. The first-order valence-electron chi connectivity index (χ1n) is 6.71. The lowest BCUT2D eigenvalue weighted by Gasteiger charge is -2.41. The Hall–Kier alpha value is -1.68. The van der Waals surface area contributed by atoms with Crippen molar-refractivity contribution in [3.63, 3.8) is 0 Å². The van der Waals surface area contributed by atoms with Crippen molar-refractivity contribution < 1.29 is 14.7 Å². The van der Waals surface area contributed by atoms with Gasteiger partial charge in [-0.1, -0.05) is 18.2 Å². The van der Waals surface area contributed by atoms with E-state index in [0.717, 1.165) is 0 Å². The average molecular weight is 277 g/mol. The molecule has 1 aliphatic heterocycles. The lowest BCUT2D eigenvalue weighted by molar-refractivity contribution is -0.124. The molecule has 1 aliphatic rings. The minimum atomic E-state index is -0.879. The molecule has 1 heterocycles. The highest BCUT2D eigenvalue weighted by molar-refractivity contribution is 5.87. The Morgan fingerprint density at radius 1 is 1.05 bits per heavy atom. The van der Waals surface area contributed by atoms with E-state index in [0.29, 0.717) is 24.2 Å². The molecule has 2 rings (SSSR count). The van der Waals surface area contributed by atoms with Crippen LogP contribution < -0.4 is 5.32 Å². The molecule has 0 aliphatic carbocycles. The number of benzene rings is 1. The summed E-state index contributed by atoms with van der Waals surface area (Å²) in [6.07, 6.45) is 1.33. The van der Waals surface area contributed by atoms with Crippen LogP contribution in [0.25, 0.3) is 0 Å². The van der Waals surface area contributed by atoms with Gasteiger partial charge in [-0.15, -0.1) is 0 Å². The van der Waals surface area contributed by atoms with Crippen LogP contribution >= 0.6 is 0 Å². The van der Waals surface area contributed by atoms with Gasteiger partial charge in [-0.2, -0.15) is 0 Å². The summed E-state index contributed by atoms with van der Waals surface area (Å²) in [6.45, 7) is 8.30. The molecule has 1 fully saturated rings. The highest BCUT2D eigenvalue weighted by Gasteiger charge is 2.36. The smallest absolute Gasteiger partial charge is 0.335 e. The van der Waals surface area contributed by atoms with E-state index in [1.54, 1.807) is 30.3 Å². The first-order chi connectivity index (χ1) is 9.11. The maximum Gasteiger partial charge on any atom is 0.335 e. The van der Waals surface area contributed by atoms with Crippen molar-refractivity contribution >= 4 is 11.8 Å². The molecule has 1 saturated heterocycles. The molecule has 20 heavy (non-hydrogen) atoms. The lowest BCUT2D eigenvalue weighted by Crippen LogP contribution is -2.58. The molecule has 1 aromatic rings. The van der Waals surface area contributed by atoms with E-state index in [9.17, 15) is 9.59 Å². The van der Waals surface area contributed by atoms with Gasteiger partial charge < -0.3 is 10.4 Å². The maximum atomic E-state index is 11.3. The maximum absolute atomic E-state index is 11.3. The van der Waals surface area contributed by atoms with Crippen LogP contribution in [-0.4, -0.2) is 27.9 Å². The van der Waals surface area contributed by atoms with E-state index in [4.69, 9.17) is 5.11 Å². The number of nitrogens with one attached hydrogen (secondary N) is 1. The van der Waals surface area contributed by atoms with Gasteiger partial charge in [0.25, 0.3) is 0 Å². The number of ketones is 1. The number of Topliss-reactive ketones (excluding diaryl/α,β-unsaturated/α-hetero) is 1. The highest BCUT2D eigenvalue weighted by Crippen LogP contribution is 2.25. The minimum Gasteiger partial charge on any atom is -0.478 e. The zero-order chi connectivity index (χ0) is 15.4. The van der Waals surface area contributed by atoms with Crippen molar-refractivity contribution in [1.29, 1.82) is 0 Å². The summed E-state index contributed by atoms with van der Waals surface area (Å²) in [7, 11) is 0. The summed E-state index contributed by atoms with van der Waals surface area (Å²) in [4.78, 5) is 21.5. The number of carbonyl (C=O) groups is 2. The van der Waals surface area contributed by atoms with Gasteiger partial charge in [0.1, 0.15) is 5.78 Å². The van der Waals surface area contributed by atoms with Crippen molar-refractivity contribution in [3.05, 3.63) is 35.9 Å². The van der Waals surface area contributed by atoms with Crippen molar-refractivity contribution in [2.45, 2.75) is 51.6 Å².